The summed E-state index contributed by atoms with van der Waals surface area (Å²) in [6.07, 6.45) is -5.41. The maximum atomic E-state index is 14.4. The van der Waals surface area contributed by atoms with Crippen molar-refractivity contribution in [3.8, 4) is 0 Å². The van der Waals surface area contributed by atoms with Gasteiger partial charge in [0.25, 0.3) is 0 Å². The molecule has 1 aliphatic heterocycles. The topological polar surface area (TPSA) is 67.4 Å². The number of allylic oxidation sites excluding steroid dienone is 1. The first kappa shape index (κ1) is 18.8. The molecule has 2 N–H and O–H groups in total. The monoisotopic (exact) mass is 360 g/mol. The highest BCUT2D eigenvalue weighted by Crippen LogP contribution is 2.36. The highest BCUT2D eigenvalue weighted by Gasteiger charge is 2.39. The molecule has 1 aromatic carbocycles. The minimum absolute atomic E-state index is 0.0798. The third-order valence-corrected chi connectivity index (χ3v) is 3.48. The van der Waals surface area contributed by atoms with E-state index in [9.17, 15) is 27.2 Å². The van der Waals surface area contributed by atoms with Gasteiger partial charge < -0.3 is 15.4 Å². The van der Waals surface area contributed by atoms with Gasteiger partial charge in [0.15, 0.2) is 0 Å². The van der Waals surface area contributed by atoms with Gasteiger partial charge in [0.1, 0.15) is 5.82 Å². The van der Waals surface area contributed by atoms with Gasteiger partial charge in [0.05, 0.1) is 23.3 Å². The van der Waals surface area contributed by atoms with Crippen LogP contribution in [0.4, 0.5) is 22.4 Å². The van der Waals surface area contributed by atoms with E-state index in [4.69, 9.17) is 4.74 Å². The van der Waals surface area contributed by atoms with Gasteiger partial charge in [-0.15, -0.1) is 0 Å². The van der Waals surface area contributed by atoms with Gasteiger partial charge in [-0.05, 0) is 26.8 Å². The Balaban J connectivity index is 2.57. The van der Waals surface area contributed by atoms with Crippen molar-refractivity contribution in [2.45, 2.75) is 39.1 Å². The largest absolute Gasteiger partial charge is 0.459 e. The molecule has 1 aromatic rings. The molecule has 1 aliphatic rings. The molecule has 25 heavy (non-hydrogen) atoms. The third-order valence-electron chi connectivity index (χ3n) is 3.48. The van der Waals surface area contributed by atoms with E-state index in [1.54, 1.807) is 13.8 Å². The lowest BCUT2D eigenvalue weighted by molar-refractivity contribution is -0.143. The third kappa shape index (κ3) is 3.92. The molecule has 1 atom stereocenters. The summed E-state index contributed by atoms with van der Waals surface area (Å²) in [4.78, 5) is 24.0. The molecule has 0 saturated carbocycles. The molecule has 0 radical (unpaired) electrons. The SMILES string of the molecule is CC1=C(C(=O)OC(C)C)C(c2cccc(C(F)(F)F)c2F)NC(=O)N1. The highest BCUT2D eigenvalue weighted by atomic mass is 19.4. The lowest BCUT2D eigenvalue weighted by Gasteiger charge is -2.29. The van der Waals surface area contributed by atoms with Gasteiger partial charge in [-0.1, -0.05) is 12.1 Å². The molecule has 0 bridgehead atoms. The Bertz CT molecular complexity index is 741. The molecule has 1 unspecified atom stereocenters. The first-order chi connectivity index (χ1) is 11.5. The Morgan fingerprint density at radius 2 is 1.92 bits per heavy atom. The van der Waals surface area contributed by atoms with E-state index in [1.807, 2.05) is 0 Å². The lowest BCUT2D eigenvalue weighted by Crippen LogP contribution is -2.45. The number of urea groups is 1. The maximum absolute atomic E-state index is 14.4. The Hall–Kier alpha value is -2.58. The Labute approximate surface area is 141 Å². The van der Waals surface area contributed by atoms with Crippen LogP contribution in [0.3, 0.4) is 0 Å². The van der Waals surface area contributed by atoms with E-state index in [-0.39, 0.29) is 11.3 Å². The Kier molecular flexibility index (Phi) is 5.05. The van der Waals surface area contributed by atoms with Gasteiger partial charge in [-0.25, -0.2) is 14.0 Å². The summed E-state index contributed by atoms with van der Waals surface area (Å²) < 4.78 is 58.3. The van der Waals surface area contributed by atoms with Crippen molar-refractivity contribution in [3.63, 3.8) is 0 Å². The van der Waals surface area contributed by atoms with E-state index >= 15 is 0 Å². The van der Waals surface area contributed by atoms with E-state index < -0.39 is 47.3 Å². The van der Waals surface area contributed by atoms with E-state index in [2.05, 4.69) is 10.6 Å². The number of carbonyl (C=O) groups excluding carboxylic acids is 2. The zero-order chi connectivity index (χ0) is 18.9. The molecule has 2 rings (SSSR count). The number of halogens is 4. The second-order valence-corrected chi connectivity index (χ2v) is 5.73. The zero-order valence-corrected chi connectivity index (χ0v) is 13.6. The van der Waals surface area contributed by atoms with Gasteiger partial charge in [-0.3, -0.25) is 0 Å². The number of amides is 2. The smallest absolute Gasteiger partial charge is 0.419 e. The van der Waals surface area contributed by atoms with Crippen LogP contribution in [0.2, 0.25) is 0 Å². The van der Waals surface area contributed by atoms with Gasteiger partial charge in [0.2, 0.25) is 0 Å². The summed E-state index contributed by atoms with van der Waals surface area (Å²) in [6, 6.07) is 0.514. The van der Waals surface area contributed by atoms with E-state index in [1.165, 1.54) is 6.92 Å². The second-order valence-electron chi connectivity index (χ2n) is 5.73. The van der Waals surface area contributed by atoms with Gasteiger partial charge in [-0.2, -0.15) is 13.2 Å². The summed E-state index contributed by atoms with van der Waals surface area (Å²) in [5, 5.41) is 4.60. The first-order valence-corrected chi connectivity index (χ1v) is 7.37. The van der Waals surface area contributed by atoms with Crippen LogP contribution in [0.1, 0.15) is 37.9 Å². The number of rotatable bonds is 3. The lowest BCUT2D eigenvalue weighted by atomic mass is 9.93. The van der Waals surface area contributed by atoms with Crippen molar-refractivity contribution in [3.05, 3.63) is 46.4 Å². The standard InChI is InChI=1S/C16H16F4N2O3/c1-7(2)25-14(23)11-8(3)21-15(24)22-13(11)9-5-4-6-10(12(9)17)16(18,19)20/h4-7,13H,1-3H3,(H2,21,22,24). The number of benzene rings is 1. The van der Waals surface area contributed by atoms with Crippen LogP contribution in [-0.4, -0.2) is 18.1 Å². The number of hydrogen-bond donors (Lipinski definition) is 2. The quantitative estimate of drug-likeness (QED) is 0.641. The number of hydrogen-bond acceptors (Lipinski definition) is 3. The first-order valence-electron chi connectivity index (χ1n) is 7.37. The maximum Gasteiger partial charge on any atom is 0.419 e. The Morgan fingerprint density at radius 3 is 2.48 bits per heavy atom. The molecule has 0 aliphatic carbocycles. The summed E-state index contributed by atoms with van der Waals surface area (Å²) in [7, 11) is 0. The average molecular weight is 360 g/mol. The molecule has 0 spiro atoms. The summed E-state index contributed by atoms with van der Waals surface area (Å²) in [5.74, 6) is -2.41. The number of alkyl halides is 3. The summed E-state index contributed by atoms with van der Waals surface area (Å²) in [5.41, 5.74) is -2.03. The molecule has 0 aromatic heterocycles. The number of carbonyl (C=O) groups is 2. The van der Waals surface area contributed by atoms with Crippen LogP contribution in [0.15, 0.2) is 29.5 Å². The predicted octanol–water partition coefficient (Wildman–Crippen LogP) is 3.42. The molecule has 0 fully saturated rings. The normalized spacial score (nSPS) is 18.1. The van der Waals surface area contributed by atoms with Crippen molar-refractivity contribution in [1.29, 1.82) is 0 Å². The fourth-order valence-corrected chi connectivity index (χ4v) is 2.47. The molecule has 1 heterocycles. The van der Waals surface area contributed by atoms with Crippen molar-refractivity contribution in [1.82, 2.24) is 10.6 Å². The van der Waals surface area contributed by atoms with Crippen LogP contribution in [-0.2, 0) is 15.7 Å². The summed E-state index contributed by atoms with van der Waals surface area (Å²) in [6.45, 7) is 4.55. The number of esters is 1. The van der Waals surface area contributed by atoms with Crippen molar-refractivity contribution >= 4 is 12.0 Å². The molecular weight excluding hydrogens is 344 g/mol. The molecule has 9 heteroatoms. The second kappa shape index (κ2) is 6.73. The number of ether oxygens (including phenoxy) is 1. The van der Waals surface area contributed by atoms with E-state index in [0.29, 0.717) is 6.07 Å². The fraction of sp³-hybridized carbons (Fsp3) is 0.375. The Morgan fingerprint density at radius 1 is 1.28 bits per heavy atom. The molecule has 2 amide bonds. The predicted molar refractivity (Wildman–Crippen MR) is 79.7 cm³/mol. The van der Waals surface area contributed by atoms with Gasteiger partial charge >= 0.3 is 18.2 Å². The highest BCUT2D eigenvalue weighted by molar-refractivity contribution is 5.95. The van der Waals surface area contributed by atoms with Crippen LogP contribution < -0.4 is 10.6 Å². The van der Waals surface area contributed by atoms with E-state index in [0.717, 1.165) is 12.1 Å². The van der Waals surface area contributed by atoms with Crippen molar-refractivity contribution in [2.24, 2.45) is 0 Å². The van der Waals surface area contributed by atoms with Crippen molar-refractivity contribution < 1.29 is 31.9 Å². The average Bonchev–Trinajstić information content (AvgIpc) is 2.44. The minimum Gasteiger partial charge on any atom is -0.459 e. The van der Waals surface area contributed by atoms with Crippen LogP contribution in [0.5, 0.6) is 0 Å². The zero-order valence-electron chi connectivity index (χ0n) is 13.6. The van der Waals surface area contributed by atoms with Crippen LogP contribution >= 0.6 is 0 Å². The molecular formula is C16H16F4N2O3. The molecule has 0 saturated heterocycles. The number of nitrogens with one attached hydrogen (secondary N) is 2. The van der Waals surface area contributed by atoms with Crippen LogP contribution in [0.25, 0.3) is 0 Å². The summed E-state index contributed by atoms with van der Waals surface area (Å²) >= 11 is 0. The fourth-order valence-electron chi connectivity index (χ4n) is 2.47. The minimum atomic E-state index is -4.91. The van der Waals surface area contributed by atoms with Gasteiger partial charge in [0, 0.05) is 11.3 Å². The van der Waals surface area contributed by atoms with Crippen LogP contribution in [0, 0.1) is 5.82 Å². The molecule has 136 valence electrons. The molecule has 5 nitrogen and oxygen atoms in total. The van der Waals surface area contributed by atoms with Crippen molar-refractivity contribution in [2.75, 3.05) is 0 Å².